The topological polar surface area (TPSA) is 128 Å². The Morgan fingerprint density at radius 1 is 1.07 bits per heavy atom. The maximum atomic E-state index is 14.7. The van der Waals surface area contributed by atoms with Crippen LogP contribution in [0.2, 0.25) is 0 Å². The quantitative estimate of drug-likeness (QED) is 0.101. The molecule has 3 aromatic rings. The number of halogens is 2. The fraction of sp³-hybridized carbons (Fsp3) is 0.226. The molecule has 2 atom stereocenters. The lowest BCUT2D eigenvalue weighted by molar-refractivity contribution is -0.384. The van der Waals surface area contributed by atoms with E-state index in [4.69, 9.17) is 9.47 Å². The number of hydrogen-bond donors (Lipinski definition) is 0. The molecule has 0 aromatic heterocycles. The van der Waals surface area contributed by atoms with E-state index in [9.17, 15) is 33.3 Å². The number of benzene rings is 3. The van der Waals surface area contributed by atoms with Crippen molar-refractivity contribution in [3.05, 3.63) is 123 Å². The molecule has 13 heteroatoms. The molecule has 226 valence electrons. The van der Waals surface area contributed by atoms with Crippen molar-refractivity contribution in [3.8, 4) is 0 Å². The Balaban J connectivity index is 1.50. The molecule has 0 bridgehead atoms. The molecule has 0 saturated carbocycles. The van der Waals surface area contributed by atoms with Crippen LogP contribution in [0, 0.1) is 10.1 Å². The number of alkyl halides is 2. The predicted octanol–water partition coefficient (Wildman–Crippen LogP) is 5.08. The van der Waals surface area contributed by atoms with Crippen molar-refractivity contribution in [1.82, 2.24) is 4.90 Å². The van der Waals surface area contributed by atoms with Gasteiger partial charge in [-0.2, -0.15) is 0 Å². The summed E-state index contributed by atoms with van der Waals surface area (Å²) in [4.78, 5) is 54.4. The van der Waals surface area contributed by atoms with Gasteiger partial charge in [0.05, 0.1) is 4.92 Å². The minimum Gasteiger partial charge on any atom is -0.461 e. The Kier molecular flexibility index (Phi) is 8.86. The van der Waals surface area contributed by atoms with Gasteiger partial charge in [-0.1, -0.05) is 60.7 Å². The van der Waals surface area contributed by atoms with Crippen molar-refractivity contribution in [2.45, 2.75) is 30.4 Å². The van der Waals surface area contributed by atoms with Crippen LogP contribution in [0.25, 0.3) is 0 Å². The zero-order valence-corrected chi connectivity index (χ0v) is 24.0. The van der Waals surface area contributed by atoms with Crippen LogP contribution in [0.3, 0.4) is 0 Å². The zero-order valence-electron chi connectivity index (χ0n) is 23.2. The van der Waals surface area contributed by atoms with Gasteiger partial charge in [0.25, 0.3) is 18.0 Å². The van der Waals surface area contributed by atoms with Gasteiger partial charge >= 0.3 is 11.9 Å². The third-order valence-electron chi connectivity index (χ3n) is 7.10. The van der Waals surface area contributed by atoms with E-state index in [2.05, 4.69) is 4.99 Å². The molecule has 2 heterocycles. The van der Waals surface area contributed by atoms with E-state index in [1.807, 2.05) is 0 Å². The minimum absolute atomic E-state index is 0.0188. The van der Waals surface area contributed by atoms with E-state index >= 15 is 0 Å². The highest BCUT2D eigenvalue weighted by molar-refractivity contribution is 8.00. The average Bonchev–Trinajstić information content (AvgIpc) is 3.03. The summed E-state index contributed by atoms with van der Waals surface area (Å²) in [5.74, 6) is -2.74. The number of β-lactam (4-membered cyclic amide) rings is 1. The predicted molar refractivity (Wildman–Crippen MR) is 157 cm³/mol. The zero-order chi connectivity index (χ0) is 31.4. The van der Waals surface area contributed by atoms with E-state index in [-0.39, 0.29) is 34.9 Å². The summed E-state index contributed by atoms with van der Waals surface area (Å²) < 4.78 is 40.5. The maximum absolute atomic E-state index is 14.7. The molecule has 0 N–H and O–H groups in total. The van der Waals surface area contributed by atoms with Gasteiger partial charge in [-0.25, -0.2) is 13.6 Å². The molecule has 1 saturated heterocycles. The number of carbonyl (C=O) groups excluding carboxylic acids is 3. The van der Waals surface area contributed by atoms with Gasteiger partial charge < -0.3 is 9.47 Å². The van der Waals surface area contributed by atoms with Gasteiger partial charge in [-0.15, -0.1) is 11.8 Å². The summed E-state index contributed by atoms with van der Waals surface area (Å²) in [5, 5.41) is 9.67. The fourth-order valence-corrected chi connectivity index (χ4v) is 6.35. The summed E-state index contributed by atoms with van der Waals surface area (Å²) in [7, 11) is 0. The lowest BCUT2D eigenvalue weighted by Gasteiger charge is -2.54. The summed E-state index contributed by atoms with van der Waals surface area (Å²) >= 11 is 0.951. The maximum Gasteiger partial charge on any atom is 0.356 e. The number of nitro benzene ring substituents is 1. The fourth-order valence-electron chi connectivity index (χ4n) is 4.90. The van der Waals surface area contributed by atoms with Crippen LogP contribution in [0.5, 0.6) is 0 Å². The number of amides is 1. The molecule has 10 nitrogen and oxygen atoms in total. The molecule has 5 rings (SSSR count). The molecule has 1 fully saturated rings. The summed E-state index contributed by atoms with van der Waals surface area (Å²) in [6.07, 6.45) is -3.08. The Morgan fingerprint density at radius 3 is 2.18 bits per heavy atom. The second kappa shape index (κ2) is 12.8. The summed E-state index contributed by atoms with van der Waals surface area (Å²) in [5.41, 5.74) is -1.23. The lowest BCUT2D eigenvalue weighted by Crippen LogP contribution is -2.75. The number of hydrogen-bond acceptors (Lipinski definition) is 9. The Bertz CT molecular complexity index is 1600. The molecule has 2 aliphatic heterocycles. The highest BCUT2D eigenvalue weighted by atomic mass is 32.2. The van der Waals surface area contributed by atoms with Gasteiger partial charge in [0.2, 0.25) is 5.54 Å². The van der Waals surface area contributed by atoms with Gasteiger partial charge in [0, 0.05) is 36.6 Å². The molecule has 0 radical (unpaired) electrons. The number of non-ortho nitro benzene ring substituents is 1. The number of aliphatic imine (C=N–C) groups is 1. The van der Waals surface area contributed by atoms with Crippen molar-refractivity contribution in [1.29, 1.82) is 0 Å². The number of nitrogens with zero attached hydrogens (tertiary/aromatic N) is 3. The monoisotopic (exact) mass is 621 g/mol. The second-order valence-electron chi connectivity index (χ2n) is 9.91. The van der Waals surface area contributed by atoms with Gasteiger partial charge in [-0.3, -0.25) is 29.6 Å². The number of ether oxygens (including phenoxy) is 2. The summed E-state index contributed by atoms with van der Waals surface area (Å²) in [6, 6.07) is 22.8. The van der Waals surface area contributed by atoms with E-state index < -0.39 is 46.2 Å². The van der Waals surface area contributed by atoms with Crippen LogP contribution in [-0.2, 0) is 23.9 Å². The Labute approximate surface area is 254 Å². The largest absolute Gasteiger partial charge is 0.461 e. The number of carbonyl (C=O) groups is 3. The molecule has 1 unspecified atom stereocenters. The van der Waals surface area contributed by atoms with Gasteiger partial charge in [0.1, 0.15) is 17.7 Å². The van der Waals surface area contributed by atoms with Crippen molar-refractivity contribution >= 4 is 41.5 Å². The van der Waals surface area contributed by atoms with Crippen LogP contribution < -0.4 is 0 Å². The normalized spacial score (nSPS) is 19.6. The van der Waals surface area contributed by atoms with E-state index in [0.29, 0.717) is 11.1 Å². The number of fused-ring (bicyclic) bond motifs is 1. The van der Waals surface area contributed by atoms with Crippen LogP contribution >= 0.6 is 11.8 Å². The third kappa shape index (κ3) is 5.82. The van der Waals surface area contributed by atoms with E-state index in [1.54, 1.807) is 60.7 Å². The molecule has 0 aliphatic carbocycles. The van der Waals surface area contributed by atoms with Crippen LogP contribution in [0.15, 0.2) is 101 Å². The number of nitro groups is 1. The molecular formula is C31H25F2N3O7S. The number of thioether (sulfide) groups is 1. The van der Waals surface area contributed by atoms with Crippen molar-refractivity contribution < 1.29 is 37.6 Å². The van der Waals surface area contributed by atoms with Gasteiger partial charge in [-0.05, 0) is 28.8 Å². The highest BCUT2D eigenvalue weighted by Crippen LogP contribution is 2.51. The molecule has 2 aliphatic rings. The Hall–Kier alpha value is -4.91. The first-order chi connectivity index (χ1) is 21.1. The van der Waals surface area contributed by atoms with E-state index in [1.165, 1.54) is 31.2 Å². The van der Waals surface area contributed by atoms with Crippen molar-refractivity contribution in [2.75, 3.05) is 12.4 Å². The standard InChI is InChI=1S/C31H25F2N3O7S/c1-19(37)42-17-23-18-44-30-31(28(32)33,34-16-20-12-14-24(15-13-20)36(40)41)29(39)35(30)25(23)27(38)43-26(21-8-4-2-5-9-21)22-10-6-3-7-11-22/h2-16,26,28,30H,17-18H2,1H3/t30-,31?/m1/s1. The first-order valence-corrected chi connectivity index (χ1v) is 14.4. The van der Waals surface area contributed by atoms with Crippen molar-refractivity contribution in [2.24, 2.45) is 4.99 Å². The molecule has 44 heavy (non-hydrogen) atoms. The average molecular weight is 622 g/mol. The Morgan fingerprint density at radius 2 is 1.66 bits per heavy atom. The molecule has 0 spiro atoms. The number of rotatable bonds is 10. The van der Waals surface area contributed by atoms with Crippen LogP contribution in [-0.4, -0.2) is 63.6 Å². The first kappa shape index (κ1) is 30.5. The molecular weight excluding hydrogens is 596 g/mol. The van der Waals surface area contributed by atoms with E-state index in [0.717, 1.165) is 22.9 Å². The minimum atomic E-state index is -3.24. The smallest absolute Gasteiger partial charge is 0.356 e. The second-order valence-corrected chi connectivity index (χ2v) is 11.0. The van der Waals surface area contributed by atoms with Gasteiger partial charge in [0.15, 0.2) is 6.10 Å². The van der Waals surface area contributed by atoms with Crippen LogP contribution in [0.1, 0.15) is 29.7 Å². The van der Waals surface area contributed by atoms with Crippen LogP contribution in [0.4, 0.5) is 14.5 Å². The molecule has 3 aromatic carbocycles. The first-order valence-electron chi connectivity index (χ1n) is 13.3. The highest BCUT2D eigenvalue weighted by Gasteiger charge is 2.70. The molecule has 1 amide bonds. The number of esters is 2. The summed E-state index contributed by atoms with van der Waals surface area (Å²) in [6.45, 7) is 0.833. The third-order valence-corrected chi connectivity index (χ3v) is 8.50. The SMILES string of the molecule is CC(=O)OCC1=C(C(=O)OC(c2ccccc2)c2ccccc2)N2C(=O)C(N=Cc3ccc([N+](=O)[O-])cc3)(C(F)F)[C@H]2SC1. The lowest BCUT2D eigenvalue weighted by atomic mass is 9.87. The van der Waals surface area contributed by atoms with Crippen molar-refractivity contribution in [3.63, 3.8) is 0 Å².